The molecule has 0 saturated heterocycles. The van der Waals surface area contributed by atoms with E-state index in [-0.39, 0.29) is 17.0 Å². The first kappa shape index (κ1) is 22.4. The van der Waals surface area contributed by atoms with Crippen LogP contribution in [0.1, 0.15) is 100 Å². The summed E-state index contributed by atoms with van der Waals surface area (Å²) in [4.78, 5) is 11.5. The van der Waals surface area contributed by atoms with E-state index in [4.69, 9.17) is 9.47 Å². The standard InChI is InChI=1S/C10H20O2.C10H20O/c1-7-10(5,6)8(11)12-9(2,3)4;1-3-9(2)11-10-7-5-4-6-8-10/h7H2,1-6H3;9-10H,3-8H2,1-2H3. The van der Waals surface area contributed by atoms with Gasteiger partial charge in [0.05, 0.1) is 17.6 Å². The summed E-state index contributed by atoms with van der Waals surface area (Å²) in [5, 5.41) is 0. The first-order valence-corrected chi connectivity index (χ1v) is 9.40. The lowest BCUT2D eigenvalue weighted by molar-refractivity contribution is -0.165. The van der Waals surface area contributed by atoms with Gasteiger partial charge >= 0.3 is 5.97 Å². The summed E-state index contributed by atoms with van der Waals surface area (Å²) >= 11 is 0. The summed E-state index contributed by atoms with van der Waals surface area (Å²) < 4.78 is 11.1. The van der Waals surface area contributed by atoms with Crippen LogP contribution in [0.3, 0.4) is 0 Å². The maximum Gasteiger partial charge on any atom is 0.312 e. The Morgan fingerprint density at radius 1 is 1.04 bits per heavy atom. The molecule has 138 valence electrons. The normalized spacial score (nSPS) is 17.9. The van der Waals surface area contributed by atoms with Crippen molar-refractivity contribution in [3.8, 4) is 0 Å². The van der Waals surface area contributed by atoms with E-state index in [2.05, 4.69) is 13.8 Å². The highest BCUT2D eigenvalue weighted by Crippen LogP contribution is 2.24. The van der Waals surface area contributed by atoms with Crippen LogP contribution in [0.4, 0.5) is 0 Å². The molecule has 0 amide bonds. The van der Waals surface area contributed by atoms with Crippen molar-refractivity contribution < 1.29 is 14.3 Å². The quantitative estimate of drug-likeness (QED) is 0.589. The number of carbonyl (C=O) groups is 1. The minimum atomic E-state index is -0.372. The van der Waals surface area contributed by atoms with Gasteiger partial charge in [-0.25, -0.2) is 0 Å². The number of ether oxygens (including phenoxy) is 2. The molecule has 1 rings (SSSR count). The van der Waals surface area contributed by atoms with E-state index in [1.54, 1.807) is 0 Å². The summed E-state index contributed by atoms with van der Waals surface area (Å²) in [7, 11) is 0. The number of rotatable bonds is 5. The van der Waals surface area contributed by atoms with Crippen molar-refractivity contribution in [2.24, 2.45) is 5.41 Å². The molecule has 0 aliphatic heterocycles. The number of esters is 1. The van der Waals surface area contributed by atoms with E-state index < -0.39 is 0 Å². The van der Waals surface area contributed by atoms with Gasteiger partial charge in [0.2, 0.25) is 0 Å². The highest BCUT2D eigenvalue weighted by atomic mass is 16.6. The van der Waals surface area contributed by atoms with Crippen molar-refractivity contribution >= 4 is 5.97 Å². The molecular weight excluding hydrogens is 288 g/mol. The molecule has 0 radical (unpaired) electrons. The Hall–Kier alpha value is -0.570. The summed E-state index contributed by atoms with van der Waals surface area (Å²) in [6.45, 7) is 15.8. The summed E-state index contributed by atoms with van der Waals surface area (Å²) in [6.07, 6.45) is 9.77. The van der Waals surface area contributed by atoms with E-state index in [0.717, 1.165) is 12.8 Å². The lowest BCUT2D eigenvalue weighted by atomic mass is 9.90. The fourth-order valence-electron chi connectivity index (χ4n) is 2.19. The minimum Gasteiger partial charge on any atom is -0.460 e. The molecule has 0 aromatic rings. The van der Waals surface area contributed by atoms with Gasteiger partial charge in [-0.2, -0.15) is 0 Å². The van der Waals surface area contributed by atoms with Gasteiger partial charge in [0.15, 0.2) is 0 Å². The van der Waals surface area contributed by atoms with E-state index in [9.17, 15) is 4.79 Å². The molecule has 0 N–H and O–H groups in total. The molecule has 1 fully saturated rings. The maximum atomic E-state index is 11.5. The van der Waals surface area contributed by atoms with E-state index in [1.165, 1.54) is 32.1 Å². The van der Waals surface area contributed by atoms with E-state index >= 15 is 0 Å². The fraction of sp³-hybridized carbons (Fsp3) is 0.950. The molecule has 0 heterocycles. The first-order valence-electron chi connectivity index (χ1n) is 9.40. The van der Waals surface area contributed by atoms with Crippen LogP contribution in [0.5, 0.6) is 0 Å². The Labute approximate surface area is 144 Å². The van der Waals surface area contributed by atoms with Gasteiger partial charge in [0, 0.05) is 0 Å². The third-order valence-corrected chi connectivity index (χ3v) is 4.39. The highest BCUT2D eigenvalue weighted by molar-refractivity contribution is 5.76. The summed E-state index contributed by atoms with van der Waals surface area (Å²) in [5.74, 6) is -0.113. The smallest absolute Gasteiger partial charge is 0.312 e. The monoisotopic (exact) mass is 328 g/mol. The van der Waals surface area contributed by atoms with Gasteiger partial charge < -0.3 is 9.47 Å². The summed E-state index contributed by atoms with van der Waals surface area (Å²) in [6, 6.07) is 0. The Balaban J connectivity index is 0.000000422. The molecular formula is C20H40O3. The van der Waals surface area contributed by atoms with Gasteiger partial charge in [-0.3, -0.25) is 4.79 Å². The van der Waals surface area contributed by atoms with E-state index in [0.29, 0.717) is 12.2 Å². The molecule has 3 nitrogen and oxygen atoms in total. The molecule has 1 unspecified atom stereocenters. The Bertz CT molecular complexity index is 322. The van der Waals surface area contributed by atoms with Crippen molar-refractivity contribution in [1.82, 2.24) is 0 Å². The van der Waals surface area contributed by atoms with Crippen LogP contribution in [-0.2, 0) is 14.3 Å². The third-order valence-electron chi connectivity index (χ3n) is 4.39. The van der Waals surface area contributed by atoms with Gasteiger partial charge in [0.1, 0.15) is 5.60 Å². The van der Waals surface area contributed by atoms with Crippen LogP contribution in [0.15, 0.2) is 0 Å². The molecule has 1 atom stereocenters. The predicted octanol–water partition coefficient (Wildman–Crippen LogP) is 5.90. The number of hydrogen-bond acceptors (Lipinski definition) is 3. The maximum absolute atomic E-state index is 11.5. The van der Waals surface area contributed by atoms with Crippen molar-refractivity contribution in [2.45, 2.75) is 118 Å². The zero-order valence-electron chi connectivity index (χ0n) is 16.8. The lowest BCUT2D eigenvalue weighted by Gasteiger charge is -2.27. The Kier molecular flexibility index (Phi) is 10.1. The van der Waals surface area contributed by atoms with Crippen LogP contribution < -0.4 is 0 Å². The van der Waals surface area contributed by atoms with Crippen molar-refractivity contribution in [3.05, 3.63) is 0 Å². The number of hydrogen-bond donors (Lipinski definition) is 0. The van der Waals surface area contributed by atoms with Crippen molar-refractivity contribution in [2.75, 3.05) is 0 Å². The Morgan fingerprint density at radius 3 is 1.96 bits per heavy atom. The lowest BCUT2D eigenvalue weighted by Crippen LogP contribution is -2.33. The fourth-order valence-corrected chi connectivity index (χ4v) is 2.19. The molecule has 1 aliphatic rings. The average molecular weight is 329 g/mol. The second-order valence-electron chi connectivity index (χ2n) is 8.35. The Morgan fingerprint density at radius 2 is 1.57 bits per heavy atom. The zero-order valence-corrected chi connectivity index (χ0v) is 16.8. The van der Waals surface area contributed by atoms with Crippen LogP contribution in [-0.4, -0.2) is 23.8 Å². The number of carbonyl (C=O) groups excluding carboxylic acids is 1. The highest BCUT2D eigenvalue weighted by Gasteiger charge is 2.30. The molecule has 3 heteroatoms. The SMILES string of the molecule is CCC(C)(C)C(=O)OC(C)(C)C.CCC(C)OC1CCCCC1. The van der Waals surface area contributed by atoms with Gasteiger partial charge in [0.25, 0.3) is 0 Å². The molecule has 23 heavy (non-hydrogen) atoms. The van der Waals surface area contributed by atoms with Crippen LogP contribution in [0, 0.1) is 5.41 Å². The molecule has 1 aliphatic carbocycles. The van der Waals surface area contributed by atoms with Crippen LogP contribution in [0.25, 0.3) is 0 Å². The second kappa shape index (κ2) is 10.3. The third kappa shape index (κ3) is 10.8. The van der Waals surface area contributed by atoms with Crippen LogP contribution in [0.2, 0.25) is 0 Å². The minimum absolute atomic E-state index is 0.113. The average Bonchev–Trinajstić information content (AvgIpc) is 2.47. The van der Waals surface area contributed by atoms with Crippen LogP contribution >= 0.6 is 0 Å². The van der Waals surface area contributed by atoms with Crippen molar-refractivity contribution in [1.29, 1.82) is 0 Å². The predicted molar refractivity (Wildman–Crippen MR) is 97.6 cm³/mol. The van der Waals surface area contributed by atoms with E-state index in [1.807, 2.05) is 41.5 Å². The molecule has 0 spiro atoms. The molecule has 0 bridgehead atoms. The van der Waals surface area contributed by atoms with Gasteiger partial charge in [-0.05, 0) is 67.2 Å². The van der Waals surface area contributed by atoms with Gasteiger partial charge in [-0.15, -0.1) is 0 Å². The molecule has 1 saturated carbocycles. The summed E-state index contributed by atoms with van der Waals surface area (Å²) in [5.41, 5.74) is -0.725. The van der Waals surface area contributed by atoms with Crippen molar-refractivity contribution in [3.63, 3.8) is 0 Å². The topological polar surface area (TPSA) is 35.5 Å². The molecule has 0 aromatic heterocycles. The molecule has 0 aromatic carbocycles. The first-order chi connectivity index (χ1) is 10.5. The second-order valence-corrected chi connectivity index (χ2v) is 8.35. The zero-order chi connectivity index (χ0) is 18.1. The largest absolute Gasteiger partial charge is 0.460 e. The van der Waals surface area contributed by atoms with Gasteiger partial charge in [-0.1, -0.05) is 33.1 Å².